The van der Waals surface area contributed by atoms with Crippen molar-refractivity contribution in [2.24, 2.45) is 0 Å². The minimum absolute atomic E-state index is 0.0242. The maximum absolute atomic E-state index is 11.3. The van der Waals surface area contributed by atoms with Crippen LogP contribution in [0.15, 0.2) is 6.07 Å². The number of aromatic carboxylic acids is 1. The third-order valence-electron chi connectivity index (χ3n) is 2.42. The van der Waals surface area contributed by atoms with Gasteiger partial charge in [0, 0.05) is 7.11 Å². The molecule has 0 atom stereocenters. The van der Waals surface area contributed by atoms with Gasteiger partial charge in [-0.05, 0) is 11.6 Å². The molecule has 1 rings (SSSR count). The van der Waals surface area contributed by atoms with Crippen LogP contribution < -0.4 is 9.47 Å². The van der Waals surface area contributed by atoms with Crippen molar-refractivity contribution in [2.45, 2.75) is 6.61 Å². The van der Waals surface area contributed by atoms with Crippen molar-refractivity contribution in [3.8, 4) is 11.5 Å². The maximum Gasteiger partial charge on any atom is 0.339 e. The molecule has 0 radical (unpaired) electrons. The van der Waals surface area contributed by atoms with Gasteiger partial charge >= 0.3 is 5.97 Å². The summed E-state index contributed by atoms with van der Waals surface area (Å²) in [4.78, 5) is 22.3. The summed E-state index contributed by atoms with van der Waals surface area (Å²) in [5, 5.41) is 9.20. The summed E-state index contributed by atoms with van der Waals surface area (Å²) < 4.78 is 15.0. The maximum atomic E-state index is 11.3. The van der Waals surface area contributed by atoms with E-state index in [9.17, 15) is 14.7 Å². The van der Waals surface area contributed by atoms with Gasteiger partial charge in [-0.3, -0.25) is 4.79 Å². The highest BCUT2D eigenvalue weighted by Crippen LogP contribution is 2.34. The largest absolute Gasteiger partial charge is 0.496 e. The summed E-state index contributed by atoms with van der Waals surface area (Å²) in [6.07, 6.45) is 0.501. The summed E-state index contributed by atoms with van der Waals surface area (Å²) in [5.74, 6) is -0.965. The van der Waals surface area contributed by atoms with Crippen LogP contribution >= 0.6 is 0 Å². The molecule has 0 saturated carbocycles. The number of carboxylic acid groups (broad SMARTS) is 1. The summed E-state index contributed by atoms with van der Waals surface area (Å²) in [7, 11) is 4.13. The van der Waals surface area contributed by atoms with E-state index < -0.39 is 5.97 Å². The quantitative estimate of drug-likeness (QED) is 0.772. The van der Waals surface area contributed by atoms with E-state index in [4.69, 9.17) is 14.2 Å². The number of methoxy groups -OCH3 is 3. The van der Waals surface area contributed by atoms with Crippen molar-refractivity contribution < 1.29 is 28.9 Å². The van der Waals surface area contributed by atoms with Gasteiger partial charge in [0.15, 0.2) is 6.29 Å². The van der Waals surface area contributed by atoms with Crippen LogP contribution in [0, 0.1) is 0 Å². The molecule has 18 heavy (non-hydrogen) atoms. The normalized spacial score (nSPS) is 9.94. The molecule has 98 valence electrons. The molecule has 0 spiro atoms. The topological polar surface area (TPSA) is 82.1 Å². The lowest BCUT2D eigenvalue weighted by Crippen LogP contribution is -2.10. The van der Waals surface area contributed by atoms with Crippen LogP contribution in [-0.2, 0) is 11.3 Å². The fraction of sp³-hybridized carbons (Fsp3) is 0.333. The lowest BCUT2D eigenvalue weighted by molar-refractivity contribution is 0.0688. The molecule has 1 N–H and O–H groups in total. The Kier molecular flexibility index (Phi) is 4.67. The highest BCUT2D eigenvalue weighted by Gasteiger charge is 2.23. The highest BCUT2D eigenvalue weighted by molar-refractivity contribution is 5.98. The number of rotatable bonds is 6. The number of carbonyl (C=O) groups is 2. The number of hydrogen-bond acceptors (Lipinski definition) is 5. The zero-order valence-electron chi connectivity index (χ0n) is 10.4. The molecule has 1 aromatic rings. The van der Waals surface area contributed by atoms with E-state index in [1.165, 1.54) is 27.4 Å². The average Bonchev–Trinajstić information content (AvgIpc) is 2.36. The van der Waals surface area contributed by atoms with E-state index in [1.807, 2.05) is 0 Å². The molecule has 6 nitrogen and oxygen atoms in total. The van der Waals surface area contributed by atoms with Gasteiger partial charge in [0.2, 0.25) is 0 Å². The van der Waals surface area contributed by atoms with Crippen molar-refractivity contribution in [3.63, 3.8) is 0 Å². The molecule has 0 fully saturated rings. The second-order valence-corrected chi connectivity index (χ2v) is 3.42. The molecule has 0 unspecified atom stereocenters. The molecule has 0 aliphatic heterocycles. The third kappa shape index (κ3) is 2.43. The van der Waals surface area contributed by atoms with Crippen LogP contribution in [0.3, 0.4) is 0 Å². The van der Waals surface area contributed by atoms with Crippen molar-refractivity contribution in [3.05, 3.63) is 22.8 Å². The standard InChI is InChI=1S/C12H14O6/c1-16-6-7-4-9(17-2)8(5-13)11(18-3)10(7)12(14)15/h4-5H,6H2,1-3H3,(H,14,15). The van der Waals surface area contributed by atoms with Crippen LogP contribution in [0.2, 0.25) is 0 Å². The molecule has 0 bridgehead atoms. The fourth-order valence-corrected chi connectivity index (χ4v) is 1.70. The monoisotopic (exact) mass is 254 g/mol. The van der Waals surface area contributed by atoms with Crippen molar-refractivity contribution in [2.75, 3.05) is 21.3 Å². The second kappa shape index (κ2) is 6.02. The highest BCUT2D eigenvalue weighted by atomic mass is 16.5. The Bertz CT molecular complexity index is 466. The summed E-state index contributed by atoms with van der Waals surface area (Å²) in [6, 6.07) is 1.46. The number of hydrogen-bond donors (Lipinski definition) is 1. The van der Waals surface area contributed by atoms with Gasteiger partial charge in [-0.15, -0.1) is 0 Å². The second-order valence-electron chi connectivity index (χ2n) is 3.42. The predicted molar refractivity (Wildman–Crippen MR) is 62.6 cm³/mol. The van der Waals surface area contributed by atoms with Gasteiger partial charge in [0.25, 0.3) is 0 Å². The van der Waals surface area contributed by atoms with Crippen LogP contribution in [0.5, 0.6) is 11.5 Å². The average molecular weight is 254 g/mol. The number of benzene rings is 1. The first-order valence-corrected chi connectivity index (χ1v) is 5.05. The van der Waals surface area contributed by atoms with E-state index in [2.05, 4.69) is 0 Å². The molecule has 0 amide bonds. The zero-order chi connectivity index (χ0) is 13.7. The first-order valence-electron chi connectivity index (χ1n) is 5.05. The van der Waals surface area contributed by atoms with Crippen LogP contribution in [0.4, 0.5) is 0 Å². The van der Waals surface area contributed by atoms with Crippen LogP contribution in [0.25, 0.3) is 0 Å². The molecular formula is C12H14O6. The summed E-state index contributed by atoms with van der Waals surface area (Å²) >= 11 is 0. The van der Waals surface area contributed by atoms with E-state index in [0.717, 1.165) is 0 Å². The molecule has 0 heterocycles. The first-order chi connectivity index (χ1) is 8.60. The minimum atomic E-state index is -1.19. The van der Waals surface area contributed by atoms with Gasteiger partial charge in [-0.2, -0.15) is 0 Å². The van der Waals surface area contributed by atoms with Crippen molar-refractivity contribution in [1.82, 2.24) is 0 Å². The Labute approximate surface area is 104 Å². The van der Waals surface area contributed by atoms with Crippen molar-refractivity contribution in [1.29, 1.82) is 0 Å². The number of carboxylic acids is 1. The number of carbonyl (C=O) groups excluding carboxylic acids is 1. The Balaban J connectivity index is 3.62. The molecule has 6 heteroatoms. The zero-order valence-corrected chi connectivity index (χ0v) is 10.4. The van der Waals surface area contributed by atoms with Crippen molar-refractivity contribution >= 4 is 12.3 Å². The van der Waals surface area contributed by atoms with Gasteiger partial charge in [-0.1, -0.05) is 0 Å². The molecule has 0 aliphatic rings. The van der Waals surface area contributed by atoms with Crippen LogP contribution in [0.1, 0.15) is 26.3 Å². The van der Waals surface area contributed by atoms with E-state index in [0.29, 0.717) is 11.8 Å². The predicted octanol–water partition coefficient (Wildman–Crippen LogP) is 1.36. The number of ether oxygens (including phenoxy) is 3. The van der Waals surface area contributed by atoms with E-state index >= 15 is 0 Å². The minimum Gasteiger partial charge on any atom is -0.496 e. The van der Waals surface area contributed by atoms with Gasteiger partial charge in [-0.25, -0.2) is 4.79 Å². The fourth-order valence-electron chi connectivity index (χ4n) is 1.70. The Hall–Kier alpha value is -2.08. The van der Waals surface area contributed by atoms with Gasteiger partial charge in [0.05, 0.1) is 26.4 Å². The summed E-state index contributed by atoms with van der Waals surface area (Å²) in [5.41, 5.74) is 0.351. The van der Waals surface area contributed by atoms with Gasteiger partial charge in [0.1, 0.15) is 17.1 Å². The number of aldehydes is 1. The molecule has 0 saturated heterocycles. The van der Waals surface area contributed by atoms with E-state index in [-0.39, 0.29) is 29.2 Å². The Morgan fingerprint density at radius 3 is 2.39 bits per heavy atom. The Morgan fingerprint density at radius 2 is 2.00 bits per heavy atom. The van der Waals surface area contributed by atoms with E-state index in [1.54, 1.807) is 0 Å². The Morgan fingerprint density at radius 1 is 1.33 bits per heavy atom. The van der Waals surface area contributed by atoms with Crippen LogP contribution in [-0.4, -0.2) is 38.7 Å². The molecule has 1 aromatic carbocycles. The first kappa shape index (κ1) is 14.0. The lowest BCUT2D eigenvalue weighted by atomic mass is 10.0. The molecule has 0 aromatic heterocycles. The smallest absolute Gasteiger partial charge is 0.339 e. The molecular weight excluding hydrogens is 240 g/mol. The molecule has 0 aliphatic carbocycles. The summed E-state index contributed by atoms with van der Waals surface area (Å²) in [6.45, 7) is 0.0769. The lowest BCUT2D eigenvalue weighted by Gasteiger charge is -2.15. The SMILES string of the molecule is COCc1cc(OC)c(C=O)c(OC)c1C(=O)O. The third-order valence-corrected chi connectivity index (χ3v) is 2.42. The van der Waals surface area contributed by atoms with Gasteiger partial charge < -0.3 is 19.3 Å².